The lowest BCUT2D eigenvalue weighted by molar-refractivity contribution is -0.123. The van der Waals surface area contributed by atoms with E-state index in [2.05, 4.69) is 10.9 Å². The molecule has 7 heteroatoms. The third-order valence-corrected chi connectivity index (χ3v) is 3.33. The number of rotatable bonds is 6. The fourth-order valence-corrected chi connectivity index (χ4v) is 2.07. The van der Waals surface area contributed by atoms with Crippen molar-refractivity contribution in [2.75, 3.05) is 20.8 Å². The van der Waals surface area contributed by atoms with Gasteiger partial charge in [0.2, 0.25) is 0 Å². The molecule has 2 rings (SSSR count). The number of hydrazine groups is 1. The first-order chi connectivity index (χ1) is 12.0. The van der Waals surface area contributed by atoms with Gasteiger partial charge in [0.05, 0.1) is 19.8 Å². The number of carbonyl (C=O) groups is 2. The van der Waals surface area contributed by atoms with Gasteiger partial charge >= 0.3 is 0 Å². The number of nitrogens with one attached hydrogen (secondary N) is 2. The minimum atomic E-state index is -0.511. The van der Waals surface area contributed by atoms with Gasteiger partial charge in [-0.2, -0.15) is 0 Å². The predicted molar refractivity (Wildman–Crippen MR) is 91.8 cm³/mol. The van der Waals surface area contributed by atoms with Gasteiger partial charge in [0, 0.05) is 6.07 Å². The lowest BCUT2D eigenvalue weighted by Crippen LogP contribution is -2.43. The van der Waals surface area contributed by atoms with Crippen LogP contribution < -0.4 is 25.1 Å². The summed E-state index contributed by atoms with van der Waals surface area (Å²) in [6.07, 6.45) is 0. The number of hydrogen-bond acceptors (Lipinski definition) is 5. The molecule has 0 bridgehead atoms. The van der Waals surface area contributed by atoms with Gasteiger partial charge in [-0.25, -0.2) is 0 Å². The summed E-state index contributed by atoms with van der Waals surface area (Å²) in [5, 5.41) is 0. The summed E-state index contributed by atoms with van der Waals surface area (Å²) in [5.74, 6) is 0.482. The van der Waals surface area contributed by atoms with Crippen molar-refractivity contribution in [2.45, 2.75) is 6.92 Å². The van der Waals surface area contributed by atoms with Crippen molar-refractivity contribution in [3.63, 3.8) is 0 Å². The Kier molecular flexibility index (Phi) is 6.22. The summed E-state index contributed by atoms with van der Waals surface area (Å²) < 4.78 is 15.6. The summed E-state index contributed by atoms with van der Waals surface area (Å²) in [6, 6.07) is 12.1. The van der Waals surface area contributed by atoms with Crippen LogP contribution in [0.4, 0.5) is 0 Å². The summed E-state index contributed by atoms with van der Waals surface area (Å²) in [5.41, 5.74) is 5.91. The molecule has 0 radical (unpaired) electrons. The second-order valence-electron chi connectivity index (χ2n) is 5.17. The number of methoxy groups -OCH3 is 2. The average Bonchev–Trinajstić information content (AvgIpc) is 2.63. The molecular weight excluding hydrogens is 324 g/mol. The van der Waals surface area contributed by atoms with Crippen LogP contribution in [0.5, 0.6) is 17.2 Å². The first-order valence-electron chi connectivity index (χ1n) is 7.54. The van der Waals surface area contributed by atoms with E-state index in [0.717, 1.165) is 5.56 Å². The molecule has 0 saturated heterocycles. The van der Waals surface area contributed by atoms with E-state index in [4.69, 9.17) is 14.2 Å². The molecule has 7 nitrogen and oxygen atoms in total. The monoisotopic (exact) mass is 344 g/mol. The van der Waals surface area contributed by atoms with Crippen LogP contribution in [0.15, 0.2) is 42.5 Å². The van der Waals surface area contributed by atoms with Crippen molar-refractivity contribution in [3.05, 3.63) is 53.6 Å². The second-order valence-corrected chi connectivity index (χ2v) is 5.17. The zero-order chi connectivity index (χ0) is 18.2. The SMILES string of the molecule is COc1ccc(C(=O)NNC(=O)COc2cccc(C)c2)c(OC)c1. The maximum Gasteiger partial charge on any atom is 0.276 e. The third kappa shape index (κ3) is 5.13. The van der Waals surface area contributed by atoms with Crippen molar-refractivity contribution in [1.82, 2.24) is 10.9 Å². The average molecular weight is 344 g/mol. The maximum absolute atomic E-state index is 12.2. The van der Waals surface area contributed by atoms with Crippen molar-refractivity contribution in [1.29, 1.82) is 0 Å². The van der Waals surface area contributed by atoms with E-state index >= 15 is 0 Å². The van der Waals surface area contributed by atoms with Gasteiger partial charge in [0.15, 0.2) is 6.61 Å². The molecule has 0 unspecified atom stereocenters. The Labute approximate surface area is 145 Å². The standard InChI is InChI=1S/C18H20N2O5/c1-12-5-4-6-14(9-12)25-11-17(21)19-20-18(22)15-8-7-13(23-2)10-16(15)24-3/h4-10H,11H2,1-3H3,(H,19,21)(H,20,22). The fourth-order valence-electron chi connectivity index (χ4n) is 2.07. The van der Waals surface area contributed by atoms with Crippen LogP contribution in [0.25, 0.3) is 0 Å². The number of carbonyl (C=O) groups excluding carboxylic acids is 2. The molecule has 0 spiro atoms. The highest BCUT2D eigenvalue weighted by Crippen LogP contribution is 2.24. The van der Waals surface area contributed by atoms with Crippen LogP contribution in [0.2, 0.25) is 0 Å². The van der Waals surface area contributed by atoms with E-state index < -0.39 is 11.8 Å². The molecule has 0 atom stereocenters. The molecule has 0 aliphatic rings. The highest BCUT2D eigenvalue weighted by molar-refractivity contribution is 5.98. The van der Waals surface area contributed by atoms with Gasteiger partial charge < -0.3 is 14.2 Å². The van der Waals surface area contributed by atoms with Gasteiger partial charge in [-0.1, -0.05) is 12.1 Å². The molecule has 132 valence electrons. The fraction of sp³-hybridized carbons (Fsp3) is 0.222. The van der Waals surface area contributed by atoms with Gasteiger partial charge in [-0.15, -0.1) is 0 Å². The summed E-state index contributed by atoms with van der Waals surface area (Å²) in [7, 11) is 2.96. The number of ether oxygens (including phenoxy) is 3. The molecule has 25 heavy (non-hydrogen) atoms. The van der Waals surface area contributed by atoms with E-state index in [0.29, 0.717) is 17.2 Å². The van der Waals surface area contributed by atoms with Crippen LogP contribution in [0.1, 0.15) is 15.9 Å². The molecule has 2 aromatic rings. The Morgan fingerprint density at radius 2 is 1.76 bits per heavy atom. The van der Waals surface area contributed by atoms with Crippen molar-refractivity contribution < 1.29 is 23.8 Å². The number of benzene rings is 2. The summed E-state index contributed by atoms with van der Waals surface area (Å²) in [4.78, 5) is 23.9. The zero-order valence-electron chi connectivity index (χ0n) is 14.3. The third-order valence-electron chi connectivity index (χ3n) is 3.33. The minimum Gasteiger partial charge on any atom is -0.497 e. The van der Waals surface area contributed by atoms with Crippen LogP contribution in [0, 0.1) is 6.92 Å². The van der Waals surface area contributed by atoms with E-state index in [-0.39, 0.29) is 12.2 Å². The van der Waals surface area contributed by atoms with Crippen molar-refractivity contribution >= 4 is 11.8 Å². The van der Waals surface area contributed by atoms with Gasteiger partial charge in [0.1, 0.15) is 17.2 Å². The van der Waals surface area contributed by atoms with Crippen molar-refractivity contribution in [3.8, 4) is 17.2 Å². The molecule has 0 heterocycles. The van der Waals surface area contributed by atoms with Gasteiger partial charge in [0.25, 0.3) is 11.8 Å². The lowest BCUT2D eigenvalue weighted by Gasteiger charge is -2.12. The van der Waals surface area contributed by atoms with Gasteiger partial charge in [-0.05, 0) is 36.8 Å². The van der Waals surface area contributed by atoms with Crippen LogP contribution >= 0.6 is 0 Å². The Hall–Kier alpha value is -3.22. The largest absolute Gasteiger partial charge is 0.497 e. The van der Waals surface area contributed by atoms with Crippen LogP contribution in [-0.4, -0.2) is 32.6 Å². The van der Waals surface area contributed by atoms with Crippen molar-refractivity contribution in [2.24, 2.45) is 0 Å². The highest BCUT2D eigenvalue weighted by Gasteiger charge is 2.14. The Balaban J connectivity index is 1.88. The minimum absolute atomic E-state index is 0.219. The summed E-state index contributed by atoms with van der Waals surface area (Å²) in [6.45, 7) is 1.71. The second kappa shape index (κ2) is 8.58. The first-order valence-corrected chi connectivity index (χ1v) is 7.54. The molecule has 0 fully saturated rings. The number of amides is 2. The van der Waals surface area contributed by atoms with Crippen LogP contribution in [0.3, 0.4) is 0 Å². The molecule has 0 aliphatic heterocycles. The molecule has 0 aliphatic carbocycles. The van der Waals surface area contributed by atoms with Crippen LogP contribution in [-0.2, 0) is 4.79 Å². The topological polar surface area (TPSA) is 85.9 Å². The molecule has 0 saturated carbocycles. The molecule has 2 N–H and O–H groups in total. The van der Waals surface area contributed by atoms with E-state index in [9.17, 15) is 9.59 Å². The van der Waals surface area contributed by atoms with E-state index in [1.165, 1.54) is 14.2 Å². The maximum atomic E-state index is 12.2. The van der Waals surface area contributed by atoms with E-state index in [1.54, 1.807) is 24.3 Å². The highest BCUT2D eigenvalue weighted by atomic mass is 16.5. The lowest BCUT2D eigenvalue weighted by atomic mass is 10.2. The number of hydrogen-bond donors (Lipinski definition) is 2. The number of aryl methyl sites for hydroxylation is 1. The Bertz CT molecular complexity index is 761. The molecule has 2 amide bonds. The Morgan fingerprint density at radius 3 is 2.44 bits per heavy atom. The quantitative estimate of drug-likeness (QED) is 0.781. The van der Waals surface area contributed by atoms with Gasteiger partial charge in [-0.3, -0.25) is 20.4 Å². The molecular formula is C18H20N2O5. The normalized spacial score (nSPS) is 9.88. The smallest absolute Gasteiger partial charge is 0.276 e. The molecule has 0 aromatic heterocycles. The predicted octanol–water partition coefficient (Wildman–Crippen LogP) is 1.85. The zero-order valence-corrected chi connectivity index (χ0v) is 14.3. The Morgan fingerprint density at radius 1 is 0.960 bits per heavy atom. The van der Waals surface area contributed by atoms with E-state index in [1.807, 2.05) is 25.1 Å². The first kappa shape index (κ1) is 18.1. The molecule has 2 aromatic carbocycles. The summed E-state index contributed by atoms with van der Waals surface area (Å²) >= 11 is 0.